The number of carbonyl (C=O) groups is 1. The summed E-state index contributed by atoms with van der Waals surface area (Å²) in [4.78, 5) is 20.5. The molecule has 0 saturated carbocycles. The van der Waals surface area contributed by atoms with Crippen molar-refractivity contribution in [1.29, 1.82) is 0 Å². The molecule has 0 heterocycles. The van der Waals surface area contributed by atoms with Crippen molar-refractivity contribution < 1.29 is 23.2 Å². The predicted octanol–water partition coefficient (Wildman–Crippen LogP) is 2.45. The van der Waals surface area contributed by atoms with Gasteiger partial charge in [-0.2, -0.15) is 4.39 Å². The lowest BCUT2D eigenvalue weighted by molar-refractivity contribution is -0.387. The summed E-state index contributed by atoms with van der Waals surface area (Å²) in [7, 11) is 1.18. The van der Waals surface area contributed by atoms with E-state index in [1.54, 1.807) is 0 Å². The predicted molar refractivity (Wildman–Crippen MR) is 58.7 cm³/mol. The minimum atomic E-state index is -1.27. The van der Waals surface area contributed by atoms with Gasteiger partial charge in [-0.25, -0.2) is 4.39 Å². The van der Waals surface area contributed by atoms with E-state index in [9.17, 15) is 23.7 Å². The van der Waals surface area contributed by atoms with Crippen molar-refractivity contribution in [3.63, 3.8) is 0 Å². The van der Waals surface area contributed by atoms with Crippen LogP contribution in [-0.4, -0.2) is 18.0 Å². The number of halogens is 2. The number of nitrogens with zero attached hydrogens (tertiary/aromatic N) is 1. The average molecular weight is 257 g/mol. The Morgan fingerprint density at radius 1 is 1.50 bits per heavy atom. The second-order valence-corrected chi connectivity index (χ2v) is 3.27. The van der Waals surface area contributed by atoms with E-state index in [1.807, 2.05) is 0 Å². The number of benzene rings is 1. The summed E-state index contributed by atoms with van der Waals surface area (Å²) >= 11 is 0. The van der Waals surface area contributed by atoms with Crippen LogP contribution in [0, 0.1) is 21.7 Å². The van der Waals surface area contributed by atoms with Crippen LogP contribution in [0.2, 0.25) is 0 Å². The number of ether oxygens (including phenoxy) is 1. The lowest BCUT2D eigenvalue weighted by atomic mass is 10.1. The van der Waals surface area contributed by atoms with Crippen LogP contribution in [0.1, 0.15) is 12.0 Å². The van der Waals surface area contributed by atoms with Gasteiger partial charge in [0.15, 0.2) is 0 Å². The van der Waals surface area contributed by atoms with Crippen molar-refractivity contribution in [2.45, 2.75) is 6.42 Å². The van der Waals surface area contributed by atoms with Gasteiger partial charge in [-0.1, -0.05) is 12.2 Å². The fourth-order valence-electron chi connectivity index (χ4n) is 1.27. The molecule has 0 aliphatic carbocycles. The highest BCUT2D eigenvalue weighted by Gasteiger charge is 2.20. The summed E-state index contributed by atoms with van der Waals surface area (Å²) in [5, 5.41) is 10.6. The smallest absolute Gasteiger partial charge is 0.312 e. The second-order valence-electron chi connectivity index (χ2n) is 3.27. The fraction of sp³-hybridized carbons (Fsp3) is 0.182. The van der Waals surface area contributed by atoms with Gasteiger partial charge in [0.2, 0.25) is 5.82 Å². The molecule has 0 bridgehead atoms. The molecule has 0 N–H and O–H groups in total. The Morgan fingerprint density at radius 2 is 2.17 bits per heavy atom. The highest BCUT2D eigenvalue weighted by atomic mass is 19.1. The Balaban J connectivity index is 3.07. The largest absolute Gasteiger partial charge is 0.469 e. The van der Waals surface area contributed by atoms with Gasteiger partial charge in [-0.15, -0.1) is 0 Å². The van der Waals surface area contributed by atoms with Gasteiger partial charge in [0.05, 0.1) is 24.0 Å². The van der Waals surface area contributed by atoms with Gasteiger partial charge in [-0.05, 0) is 6.07 Å². The van der Waals surface area contributed by atoms with Gasteiger partial charge in [0.25, 0.3) is 0 Å². The molecule has 0 unspecified atom stereocenters. The number of hydrogen-bond acceptors (Lipinski definition) is 4. The maximum absolute atomic E-state index is 13.2. The number of carbonyl (C=O) groups excluding carboxylic acids is 1. The maximum atomic E-state index is 13.2. The highest BCUT2D eigenvalue weighted by Crippen LogP contribution is 2.25. The first-order chi connectivity index (χ1) is 8.45. The monoisotopic (exact) mass is 257 g/mol. The summed E-state index contributed by atoms with van der Waals surface area (Å²) in [6.07, 6.45) is 2.18. The second kappa shape index (κ2) is 5.85. The van der Waals surface area contributed by atoms with Crippen molar-refractivity contribution >= 4 is 17.7 Å². The molecule has 0 radical (unpaired) electrons. The van der Waals surface area contributed by atoms with Crippen LogP contribution in [0.3, 0.4) is 0 Å². The van der Waals surface area contributed by atoms with Crippen LogP contribution in [-0.2, 0) is 9.53 Å². The Bertz CT molecular complexity index is 514. The van der Waals surface area contributed by atoms with Crippen LogP contribution in [0.25, 0.3) is 6.08 Å². The molecule has 0 aromatic heterocycles. The zero-order valence-electron chi connectivity index (χ0n) is 9.35. The molecule has 1 aromatic rings. The molecule has 0 amide bonds. The van der Waals surface area contributed by atoms with Crippen molar-refractivity contribution in [3.8, 4) is 0 Å². The summed E-state index contributed by atoms with van der Waals surface area (Å²) < 4.78 is 30.5. The van der Waals surface area contributed by atoms with E-state index in [0.717, 1.165) is 12.1 Å². The average Bonchev–Trinajstić information content (AvgIpc) is 2.27. The number of rotatable bonds is 4. The van der Waals surface area contributed by atoms with Crippen molar-refractivity contribution in [2.75, 3.05) is 7.11 Å². The van der Waals surface area contributed by atoms with Gasteiger partial charge in [-0.3, -0.25) is 14.9 Å². The number of nitro groups is 1. The molecule has 0 aliphatic heterocycles. The normalized spacial score (nSPS) is 10.6. The zero-order valence-corrected chi connectivity index (χ0v) is 9.35. The molecule has 5 nitrogen and oxygen atoms in total. The van der Waals surface area contributed by atoms with Crippen LogP contribution in [0.15, 0.2) is 18.2 Å². The maximum Gasteiger partial charge on any atom is 0.312 e. The molecule has 1 rings (SSSR count). The van der Waals surface area contributed by atoms with E-state index < -0.39 is 28.2 Å². The van der Waals surface area contributed by atoms with E-state index in [4.69, 9.17) is 0 Å². The van der Waals surface area contributed by atoms with Gasteiger partial charge < -0.3 is 4.74 Å². The Labute approximate surface area is 101 Å². The molecule has 7 heteroatoms. The summed E-state index contributed by atoms with van der Waals surface area (Å²) in [5.74, 6) is -2.76. The number of esters is 1. The SMILES string of the molecule is COC(=O)CC=Cc1cc(F)cc(F)c1[N+](=O)[O-]. The van der Waals surface area contributed by atoms with Gasteiger partial charge in [0.1, 0.15) is 5.82 Å². The highest BCUT2D eigenvalue weighted by molar-refractivity contribution is 5.73. The number of nitro benzene ring substituents is 1. The molecule has 18 heavy (non-hydrogen) atoms. The first-order valence-electron chi connectivity index (χ1n) is 4.82. The summed E-state index contributed by atoms with van der Waals surface area (Å²) in [6, 6.07) is 1.24. The Hall–Kier alpha value is -2.31. The molecule has 96 valence electrons. The first-order valence-corrected chi connectivity index (χ1v) is 4.82. The molecule has 0 atom stereocenters. The van der Waals surface area contributed by atoms with E-state index in [-0.39, 0.29) is 12.0 Å². The summed E-state index contributed by atoms with van der Waals surface area (Å²) in [5.41, 5.74) is -1.08. The lowest BCUT2D eigenvalue weighted by Gasteiger charge is -1.99. The van der Waals surface area contributed by atoms with E-state index in [1.165, 1.54) is 13.2 Å². The quantitative estimate of drug-likeness (QED) is 0.472. The van der Waals surface area contributed by atoms with Crippen molar-refractivity contribution in [2.24, 2.45) is 0 Å². The Kier molecular flexibility index (Phi) is 4.47. The molecule has 0 fully saturated rings. The van der Waals surface area contributed by atoms with Gasteiger partial charge in [0, 0.05) is 6.07 Å². The fourth-order valence-corrected chi connectivity index (χ4v) is 1.27. The third-order valence-corrected chi connectivity index (χ3v) is 2.05. The molecular weight excluding hydrogens is 248 g/mol. The lowest BCUT2D eigenvalue weighted by Crippen LogP contribution is -1.98. The van der Waals surface area contributed by atoms with Crippen LogP contribution < -0.4 is 0 Å². The number of methoxy groups -OCH3 is 1. The van der Waals surface area contributed by atoms with E-state index in [2.05, 4.69) is 4.74 Å². The molecule has 0 aliphatic rings. The standard InChI is InChI=1S/C11H9F2NO4/c1-18-10(15)4-2-3-7-5-8(12)6-9(13)11(7)14(16)17/h2-3,5-6H,4H2,1H3. The molecular formula is C11H9F2NO4. The van der Waals surface area contributed by atoms with Crippen molar-refractivity contribution in [1.82, 2.24) is 0 Å². The van der Waals surface area contributed by atoms with Gasteiger partial charge >= 0.3 is 11.7 Å². The van der Waals surface area contributed by atoms with E-state index in [0.29, 0.717) is 6.07 Å². The van der Waals surface area contributed by atoms with Crippen LogP contribution in [0.4, 0.5) is 14.5 Å². The van der Waals surface area contributed by atoms with E-state index >= 15 is 0 Å². The summed E-state index contributed by atoms with van der Waals surface area (Å²) in [6.45, 7) is 0. The molecule has 0 saturated heterocycles. The van der Waals surface area contributed by atoms with Crippen LogP contribution >= 0.6 is 0 Å². The molecule has 1 aromatic carbocycles. The zero-order chi connectivity index (χ0) is 13.7. The third-order valence-electron chi connectivity index (χ3n) is 2.05. The molecule has 0 spiro atoms. The third kappa shape index (κ3) is 3.34. The van der Waals surface area contributed by atoms with Crippen LogP contribution in [0.5, 0.6) is 0 Å². The minimum Gasteiger partial charge on any atom is -0.469 e. The minimum absolute atomic E-state index is 0.147. The Morgan fingerprint density at radius 3 is 2.72 bits per heavy atom. The first kappa shape index (κ1) is 13.8. The number of hydrogen-bond donors (Lipinski definition) is 0. The van der Waals surface area contributed by atoms with Crippen molar-refractivity contribution in [3.05, 3.63) is 45.5 Å². The topological polar surface area (TPSA) is 69.4 Å².